The number of anilines is 1. The summed E-state index contributed by atoms with van der Waals surface area (Å²) in [6.45, 7) is 2.70. The Morgan fingerprint density at radius 2 is 1.43 bits per heavy atom. The number of para-hydroxylation sites is 1. The van der Waals surface area contributed by atoms with Crippen LogP contribution in [-0.4, -0.2) is 18.5 Å². The van der Waals surface area contributed by atoms with Gasteiger partial charge in [-0.25, -0.2) is 0 Å². The van der Waals surface area contributed by atoms with Gasteiger partial charge >= 0.3 is 5.97 Å². The molecule has 4 heteroatoms. The molecule has 0 aliphatic rings. The maximum absolute atomic E-state index is 12.3. The van der Waals surface area contributed by atoms with Crippen LogP contribution in [0.2, 0.25) is 0 Å². The number of esters is 1. The zero-order valence-corrected chi connectivity index (χ0v) is 18.2. The van der Waals surface area contributed by atoms with Gasteiger partial charge in [-0.05, 0) is 24.5 Å². The first-order chi connectivity index (χ1) is 14.7. The zero-order valence-electron chi connectivity index (χ0n) is 18.2. The van der Waals surface area contributed by atoms with Gasteiger partial charge in [0.05, 0.1) is 6.61 Å². The van der Waals surface area contributed by atoms with Crippen LogP contribution in [0.3, 0.4) is 0 Å². The highest BCUT2D eigenvalue weighted by molar-refractivity contribution is 5.95. The lowest BCUT2D eigenvalue weighted by molar-refractivity contribution is -0.143. The Kier molecular flexibility index (Phi) is 11.3. The average Bonchev–Trinajstić information content (AvgIpc) is 2.76. The number of nitrogens with one attached hydrogen (secondary N) is 1. The molecule has 0 saturated carbocycles. The van der Waals surface area contributed by atoms with Crippen molar-refractivity contribution in [1.82, 2.24) is 0 Å². The van der Waals surface area contributed by atoms with Crippen LogP contribution in [0, 0.1) is 0 Å². The molecule has 0 aliphatic heterocycles. The zero-order chi connectivity index (χ0) is 21.4. The lowest BCUT2D eigenvalue weighted by Gasteiger charge is -2.11. The van der Waals surface area contributed by atoms with E-state index in [0.717, 1.165) is 29.7 Å². The largest absolute Gasteiger partial charge is 0.466 e. The predicted molar refractivity (Wildman–Crippen MR) is 123 cm³/mol. The topological polar surface area (TPSA) is 55.4 Å². The van der Waals surface area contributed by atoms with E-state index in [2.05, 4.69) is 12.2 Å². The van der Waals surface area contributed by atoms with Crippen molar-refractivity contribution in [3.05, 3.63) is 54.6 Å². The number of amides is 1. The Morgan fingerprint density at radius 3 is 2.20 bits per heavy atom. The Labute approximate surface area is 181 Å². The first-order valence-corrected chi connectivity index (χ1v) is 11.3. The van der Waals surface area contributed by atoms with Crippen LogP contribution in [0.25, 0.3) is 11.1 Å². The molecule has 2 aromatic rings. The van der Waals surface area contributed by atoms with Gasteiger partial charge < -0.3 is 10.1 Å². The molecule has 0 unspecified atom stereocenters. The van der Waals surface area contributed by atoms with Crippen molar-refractivity contribution in [2.45, 2.75) is 71.1 Å². The first kappa shape index (κ1) is 23.7. The molecule has 2 rings (SSSR count). The van der Waals surface area contributed by atoms with Crippen molar-refractivity contribution in [2.24, 2.45) is 0 Å². The molecule has 0 radical (unpaired) electrons. The first-order valence-electron chi connectivity index (χ1n) is 11.3. The normalized spacial score (nSPS) is 10.6. The number of benzene rings is 2. The van der Waals surface area contributed by atoms with Gasteiger partial charge in [0.25, 0.3) is 0 Å². The molecule has 0 fully saturated rings. The number of unbranched alkanes of at least 4 members (excludes halogenated alkanes) is 6. The fourth-order valence-corrected chi connectivity index (χ4v) is 3.38. The summed E-state index contributed by atoms with van der Waals surface area (Å²) in [6, 6.07) is 17.7. The van der Waals surface area contributed by atoms with E-state index in [0.29, 0.717) is 19.4 Å². The number of carbonyl (C=O) groups is 2. The molecule has 0 spiro atoms. The molecule has 0 saturated heterocycles. The van der Waals surface area contributed by atoms with Crippen LogP contribution in [0.4, 0.5) is 5.69 Å². The second-order valence-corrected chi connectivity index (χ2v) is 7.66. The van der Waals surface area contributed by atoms with E-state index in [9.17, 15) is 9.59 Å². The minimum absolute atomic E-state index is 0.0849. The fraction of sp³-hybridized carbons (Fsp3) is 0.462. The van der Waals surface area contributed by atoms with Crippen molar-refractivity contribution in [3.63, 3.8) is 0 Å². The van der Waals surface area contributed by atoms with Gasteiger partial charge in [-0.15, -0.1) is 0 Å². The van der Waals surface area contributed by atoms with Crippen molar-refractivity contribution in [2.75, 3.05) is 11.9 Å². The highest BCUT2D eigenvalue weighted by Crippen LogP contribution is 2.27. The molecule has 0 aromatic heterocycles. The Balaban J connectivity index is 1.62. The standard InChI is InChI=1S/C26H35NO3/c1-2-3-4-5-6-7-13-21-30-26(29)20-14-19-25(28)27-24-18-12-11-17-23(24)22-15-9-8-10-16-22/h8-12,15-18H,2-7,13-14,19-21H2,1H3,(H,27,28). The van der Waals surface area contributed by atoms with Crippen LogP contribution in [0.1, 0.15) is 71.1 Å². The Hall–Kier alpha value is -2.62. The molecule has 1 amide bonds. The summed E-state index contributed by atoms with van der Waals surface area (Å²) < 4.78 is 5.28. The van der Waals surface area contributed by atoms with Crippen molar-refractivity contribution in [3.8, 4) is 11.1 Å². The molecule has 30 heavy (non-hydrogen) atoms. The van der Waals surface area contributed by atoms with Gasteiger partial charge in [0.1, 0.15) is 0 Å². The molecular weight excluding hydrogens is 374 g/mol. The minimum Gasteiger partial charge on any atom is -0.466 e. The molecule has 0 atom stereocenters. The van der Waals surface area contributed by atoms with Gasteiger partial charge in [0.15, 0.2) is 0 Å². The molecular formula is C26H35NO3. The predicted octanol–water partition coefficient (Wildman–Crippen LogP) is 6.76. The van der Waals surface area contributed by atoms with Crippen LogP contribution in [-0.2, 0) is 14.3 Å². The van der Waals surface area contributed by atoms with Gasteiger partial charge in [-0.1, -0.05) is 94.0 Å². The summed E-state index contributed by atoms with van der Waals surface area (Å²) >= 11 is 0. The lowest BCUT2D eigenvalue weighted by atomic mass is 10.0. The third-order valence-electron chi connectivity index (χ3n) is 5.08. The number of hydrogen-bond acceptors (Lipinski definition) is 3. The highest BCUT2D eigenvalue weighted by atomic mass is 16.5. The van der Waals surface area contributed by atoms with Crippen molar-refractivity contribution >= 4 is 17.6 Å². The summed E-state index contributed by atoms with van der Waals surface area (Å²) in [6.07, 6.45) is 9.46. The van der Waals surface area contributed by atoms with E-state index in [4.69, 9.17) is 4.74 Å². The number of hydrogen-bond donors (Lipinski definition) is 1. The summed E-state index contributed by atoms with van der Waals surface area (Å²) in [7, 11) is 0. The summed E-state index contributed by atoms with van der Waals surface area (Å²) in [5.41, 5.74) is 2.83. The third-order valence-corrected chi connectivity index (χ3v) is 5.08. The molecule has 162 valence electrons. The number of rotatable bonds is 14. The van der Waals surface area contributed by atoms with E-state index in [1.165, 1.54) is 32.1 Å². The van der Waals surface area contributed by atoms with E-state index < -0.39 is 0 Å². The van der Waals surface area contributed by atoms with Crippen LogP contribution in [0.5, 0.6) is 0 Å². The third kappa shape index (κ3) is 9.25. The monoisotopic (exact) mass is 409 g/mol. The quantitative estimate of drug-likeness (QED) is 0.277. The van der Waals surface area contributed by atoms with Gasteiger partial charge in [0.2, 0.25) is 5.91 Å². The highest BCUT2D eigenvalue weighted by Gasteiger charge is 2.10. The van der Waals surface area contributed by atoms with Crippen molar-refractivity contribution < 1.29 is 14.3 Å². The van der Waals surface area contributed by atoms with E-state index in [-0.39, 0.29) is 18.3 Å². The fourth-order valence-electron chi connectivity index (χ4n) is 3.38. The van der Waals surface area contributed by atoms with Crippen LogP contribution >= 0.6 is 0 Å². The molecule has 0 bridgehead atoms. The van der Waals surface area contributed by atoms with Crippen LogP contribution < -0.4 is 5.32 Å². The lowest BCUT2D eigenvalue weighted by Crippen LogP contribution is -2.13. The van der Waals surface area contributed by atoms with Crippen LogP contribution in [0.15, 0.2) is 54.6 Å². The smallest absolute Gasteiger partial charge is 0.305 e. The Morgan fingerprint density at radius 1 is 0.767 bits per heavy atom. The maximum atomic E-state index is 12.3. The average molecular weight is 410 g/mol. The van der Waals surface area contributed by atoms with E-state index >= 15 is 0 Å². The summed E-state index contributed by atoms with van der Waals surface area (Å²) in [5, 5.41) is 2.97. The number of carbonyl (C=O) groups excluding carboxylic acids is 2. The SMILES string of the molecule is CCCCCCCCCOC(=O)CCCC(=O)Nc1ccccc1-c1ccccc1. The molecule has 1 N–H and O–H groups in total. The van der Waals surface area contributed by atoms with Gasteiger partial charge in [0, 0.05) is 24.1 Å². The molecule has 0 aliphatic carbocycles. The Bertz CT molecular complexity index is 758. The summed E-state index contributed by atoms with van der Waals surface area (Å²) in [5.74, 6) is -0.295. The molecule has 4 nitrogen and oxygen atoms in total. The van der Waals surface area contributed by atoms with Crippen molar-refractivity contribution in [1.29, 1.82) is 0 Å². The van der Waals surface area contributed by atoms with Gasteiger partial charge in [-0.3, -0.25) is 9.59 Å². The minimum atomic E-state index is -0.210. The number of ether oxygens (including phenoxy) is 1. The van der Waals surface area contributed by atoms with E-state index in [1.807, 2.05) is 54.6 Å². The summed E-state index contributed by atoms with van der Waals surface area (Å²) in [4.78, 5) is 24.2. The molecule has 0 heterocycles. The molecule has 2 aromatic carbocycles. The second kappa shape index (κ2) is 14.4. The maximum Gasteiger partial charge on any atom is 0.305 e. The second-order valence-electron chi connectivity index (χ2n) is 7.66. The van der Waals surface area contributed by atoms with E-state index in [1.54, 1.807) is 0 Å². The van der Waals surface area contributed by atoms with Gasteiger partial charge in [-0.2, -0.15) is 0 Å².